The van der Waals surface area contributed by atoms with E-state index >= 15 is 0 Å². The van der Waals surface area contributed by atoms with Gasteiger partial charge in [-0.2, -0.15) is 4.98 Å². The average molecular weight is 493 g/mol. The number of hydrogen-bond acceptors (Lipinski definition) is 7. The highest BCUT2D eigenvalue weighted by molar-refractivity contribution is 8.00. The molecule has 1 aliphatic heterocycles. The van der Waals surface area contributed by atoms with Crippen LogP contribution < -0.4 is 15.7 Å². The van der Waals surface area contributed by atoms with Crippen LogP contribution >= 0.6 is 23.4 Å². The minimum Gasteiger partial charge on any atom is -0.495 e. The second-order valence-electron chi connectivity index (χ2n) is 8.12. The highest BCUT2D eigenvalue weighted by atomic mass is 35.5. The Morgan fingerprint density at radius 2 is 2.09 bits per heavy atom. The number of benzene rings is 1. The number of halogens is 1. The lowest BCUT2D eigenvalue weighted by molar-refractivity contribution is -0.113. The molecule has 178 valence electrons. The first-order chi connectivity index (χ1) is 16.0. The second-order valence-corrected chi connectivity index (χ2v) is 9.52. The van der Waals surface area contributed by atoms with Gasteiger partial charge in [0.05, 0.1) is 31.8 Å². The number of rotatable bonds is 9. The van der Waals surface area contributed by atoms with E-state index in [1.54, 1.807) is 18.2 Å². The van der Waals surface area contributed by atoms with E-state index in [0.29, 0.717) is 28.0 Å². The van der Waals surface area contributed by atoms with Crippen LogP contribution in [0.3, 0.4) is 0 Å². The molecule has 2 aliphatic rings. The summed E-state index contributed by atoms with van der Waals surface area (Å²) in [5, 5.41) is 4.01. The molecule has 1 aliphatic carbocycles. The zero-order valence-electron chi connectivity index (χ0n) is 18.8. The number of anilines is 1. The van der Waals surface area contributed by atoms with Crippen molar-refractivity contribution in [3.05, 3.63) is 45.0 Å². The molecule has 0 bridgehead atoms. The van der Waals surface area contributed by atoms with Gasteiger partial charge in [-0.05, 0) is 43.9 Å². The van der Waals surface area contributed by atoms with E-state index in [2.05, 4.69) is 15.2 Å². The van der Waals surface area contributed by atoms with Crippen LogP contribution in [-0.4, -0.2) is 66.1 Å². The Morgan fingerprint density at radius 3 is 2.88 bits per heavy atom. The maximum atomic E-state index is 12.8. The highest BCUT2D eigenvalue weighted by Gasteiger charge is 2.23. The third-order valence-corrected chi connectivity index (χ3v) is 7.19. The van der Waals surface area contributed by atoms with Crippen molar-refractivity contribution in [2.24, 2.45) is 0 Å². The molecule has 10 heteroatoms. The molecule has 8 nitrogen and oxygen atoms in total. The minimum absolute atomic E-state index is 0.148. The predicted molar refractivity (Wildman–Crippen MR) is 130 cm³/mol. The zero-order chi connectivity index (χ0) is 23.2. The molecule has 1 N–H and O–H groups in total. The first kappa shape index (κ1) is 24.1. The van der Waals surface area contributed by atoms with Crippen molar-refractivity contribution in [3.8, 4) is 5.75 Å². The van der Waals surface area contributed by atoms with E-state index in [0.717, 1.165) is 69.8 Å². The molecular formula is C23H29ClN4O4S. The van der Waals surface area contributed by atoms with Crippen molar-refractivity contribution in [1.82, 2.24) is 14.5 Å². The molecule has 1 aromatic heterocycles. The van der Waals surface area contributed by atoms with Gasteiger partial charge in [0.25, 0.3) is 0 Å². The summed E-state index contributed by atoms with van der Waals surface area (Å²) < 4.78 is 12.5. The summed E-state index contributed by atoms with van der Waals surface area (Å²) >= 11 is 7.35. The smallest absolute Gasteiger partial charge is 0.348 e. The summed E-state index contributed by atoms with van der Waals surface area (Å²) in [5.74, 6) is 0.482. The van der Waals surface area contributed by atoms with E-state index < -0.39 is 0 Å². The molecule has 0 radical (unpaired) electrons. The standard InChI is InChI=1S/C23H29ClN4O4S/c1-31-20-7-6-16(24)14-18(20)25-21(29)15-33-22-17-4-2-5-19(17)28(23(30)26-22)9-3-8-27-10-12-32-13-11-27/h6-7,14H,2-5,8-13,15H2,1H3,(H,25,29). The van der Waals surface area contributed by atoms with Gasteiger partial charge in [0.15, 0.2) is 0 Å². The van der Waals surface area contributed by atoms with E-state index in [4.69, 9.17) is 21.1 Å². The largest absolute Gasteiger partial charge is 0.495 e. The van der Waals surface area contributed by atoms with Gasteiger partial charge in [-0.25, -0.2) is 4.79 Å². The van der Waals surface area contributed by atoms with Crippen molar-refractivity contribution < 1.29 is 14.3 Å². The summed E-state index contributed by atoms with van der Waals surface area (Å²) in [6, 6.07) is 5.06. The summed E-state index contributed by atoms with van der Waals surface area (Å²) in [4.78, 5) is 32.1. The Bertz CT molecular complexity index is 1060. The Kier molecular flexibility index (Phi) is 8.29. The molecule has 0 unspecified atom stereocenters. The number of carbonyl (C=O) groups is 1. The first-order valence-electron chi connectivity index (χ1n) is 11.2. The van der Waals surface area contributed by atoms with Gasteiger partial charge in [-0.15, -0.1) is 0 Å². The first-order valence-corrected chi connectivity index (χ1v) is 12.6. The van der Waals surface area contributed by atoms with Crippen LogP contribution in [0, 0.1) is 0 Å². The van der Waals surface area contributed by atoms with Crippen LogP contribution in [0.5, 0.6) is 5.75 Å². The molecule has 4 rings (SSSR count). The maximum Gasteiger partial charge on any atom is 0.348 e. The SMILES string of the molecule is COc1ccc(Cl)cc1NC(=O)CSc1nc(=O)n(CCCN2CCOCC2)c2c1CCC2. The molecule has 2 heterocycles. The number of nitrogens with zero attached hydrogens (tertiary/aromatic N) is 3. The molecule has 1 aromatic carbocycles. The van der Waals surface area contributed by atoms with Crippen LogP contribution in [-0.2, 0) is 28.9 Å². The fourth-order valence-corrected chi connectivity index (χ4v) is 5.36. The number of carbonyl (C=O) groups excluding carboxylic acids is 1. The molecule has 33 heavy (non-hydrogen) atoms. The van der Waals surface area contributed by atoms with Crippen molar-refractivity contribution in [2.45, 2.75) is 37.3 Å². The molecule has 0 saturated carbocycles. The van der Waals surface area contributed by atoms with Gasteiger partial charge in [-0.1, -0.05) is 23.4 Å². The van der Waals surface area contributed by atoms with Gasteiger partial charge in [-0.3, -0.25) is 14.3 Å². The maximum absolute atomic E-state index is 12.8. The average Bonchev–Trinajstić information content (AvgIpc) is 3.30. The van der Waals surface area contributed by atoms with Gasteiger partial charge in [0.1, 0.15) is 10.8 Å². The number of morpholine rings is 1. The van der Waals surface area contributed by atoms with Crippen molar-refractivity contribution in [2.75, 3.05) is 51.0 Å². The number of fused-ring (bicyclic) bond motifs is 1. The van der Waals surface area contributed by atoms with Crippen molar-refractivity contribution in [1.29, 1.82) is 0 Å². The van der Waals surface area contributed by atoms with Crippen LogP contribution in [0.2, 0.25) is 5.02 Å². The lowest BCUT2D eigenvalue weighted by atomic mass is 10.2. The third-order valence-electron chi connectivity index (χ3n) is 5.94. The fraction of sp³-hybridized carbons (Fsp3) is 0.522. The van der Waals surface area contributed by atoms with Crippen LogP contribution in [0.4, 0.5) is 5.69 Å². The van der Waals surface area contributed by atoms with Crippen molar-refractivity contribution >= 4 is 35.0 Å². The highest BCUT2D eigenvalue weighted by Crippen LogP contribution is 2.31. The Labute approximate surface area is 202 Å². The Balaban J connectivity index is 1.39. The van der Waals surface area contributed by atoms with Gasteiger partial charge >= 0.3 is 5.69 Å². The number of thioether (sulfide) groups is 1. The number of nitrogens with one attached hydrogen (secondary N) is 1. The number of hydrogen-bond donors (Lipinski definition) is 1. The van der Waals surface area contributed by atoms with Gasteiger partial charge in [0.2, 0.25) is 5.91 Å². The molecule has 0 atom stereocenters. The number of amides is 1. The van der Waals surface area contributed by atoms with Gasteiger partial charge < -0.3 is 14.8 Å². The fourth-order valence-electron chi connectivity index (χ4n) is 4.31. The minimum atomic E-state index is -0.225. The quantitative estimate of drug-likeness (QED) is 0.425. The normalized spacial score (nSPS) is 15.9. The Hall–Kier alpha value is -2.07. The lowest BCUT2D eigenvalue weighted by Crippen LogP contribution is -2.37. The Morgan fingerprint density at radius 1 is 1.27 bits per heavy atom. The molecule has 2 aromatic rings. The molecule has 1 saturated heterocycles. The number of aromatic nitrogens is 2. The second kappa shape index (κ2) is 11.4. The summed E-state index contributed by atoms with van der Waals surface area (Å²) in [5.41, 5.74) is 2.48. The van der Waals surface area contributed by atoms with Crippen LogP contribution in [0.1, 0.15) is 24.1 Å². The topological polar surface area (TPSA) is 85.7 Å². The number of ether oxygens (including phenoxy) is 2. The monoisotopic (exact) mass is 492 g/mol. The number of methoxy groups -OCH3 is 1. The van der Waals surface area contributed by atoms with Gasteiger partial charge in [0, 0.05) is 42.5 Å². The van der Waals surface area contributed by atoms with E-state index in [1.165, 1.54) is 18.9 Å². The summed E-state index contributed by atoms with van der Waals surface area (Å²) in [6.07, 6.45) is 3.68. The van der Waals surface area contributed by atoms with Crippen LogP contribution in [0.15, 0.2) is 28.0 Å². The summed E-state index contributed by atoms with van der Waals surface area (Å²) in [7, 11) is 1.54. The molecule has 0 spiro atoms. The molecular weight excluding hydrogens is 464 g/mol. The molecule has 1 amide bonds. The van der Waals surface area contributed by atoms with Crippen molar-refractivity contribution in [3.63, 3.8) is 0 Å². The molecule has 1 fully saturated rings. The summed E-state index contributed by atoms with van der Waals surface area (Å²) in [6.45, 7) is 5.08. The van der Waals surface area contributed by atoms with E-state index in [-0.39, 0.29) is 17.3 Å². The zero-order valence-corrected chi connectivity index (χ0v) is 20.3. The lowest BCUT2D eigenvalue weighted by Gasteiger charge is -2.26. The predicted octanol–water partition coefficient (Wildman–Crippen LogP) is 2.85. The van der Waals surface area contributed by atoms with E-state index in [1.807, 2.05) is 4.57 Å². The van der Waals surface area contributed by atoms with E-state index in [9.17, 15) is 9.59 Å². The third kappa shape index (κ3) is 6.09. The van der Waals surface area contributed by atoms with Crippen LogP contribution in [0.25, 0.3) is 0 Å².